The summed E-state index contributed by atoms with van der Waals surface area (Å²) in [5.74, 6) is 0.00685. The van der Waals surface area contributed by atoms with Crippen molar-refractivity contribution in [1.29, 1.82) is 0 Å². The molecule has 0 atom stereocenters. The Balaban J connectivity index is 0. The Morgan fingerprint density at radius 1 is 1.38 bits per heavy atom. The molecule has 0 heterocycles. The van der Waals surface area contributed by atoms with E-state index in [1.807, 2.05) is 12.1 Å². The summed E-state index contributed by atoms with van der Waals surface area (Å²) in [6, 6.07) is 11.2. The topological polar surface area (TPSA) is 37.3 Å². The first kappa shape index (κ1) is 18.1. The Bertz CT molecular complexity index is 271. The zero-order valence-electron chi connectivity index (χ0n) is 10.7. The fourth-order valence-corrected chi connectivity index (χ4v) is 1.03. The van der Waals surface area contributed by atoms with Crippen LogP contribution < -0.4 is 29.6 Å². The van der Waals surface area contributed by atoms with Gasteiger partial charge in [0.2, 0.25) is 0 Å². The van der Waals surface area contributed by atoms with E-state index in [4.69, 9.17) is 5.11 Å². The van der Waals surface area contributed by atoms with E-state index in [0.29, 0.717) is 0 Å². The van der Waals surface area contributed by atoms with E-state index in [1.54, 1.807) is 6.92 Å². The van der Waals surface area contributed by atoms with Crippen LogP contribution in [0.4, 0.5) is 0 Å². The van der Waals surface area contributed by atoms with E-state index in [9.17, 15) is 4.79 Å². The first-order valence-corrected chi connectivity index (χ1v) is 5.23. The summed E-state index contributed by atoms with van der Waals surface area (Å²) in [4.78, 5) is 9.37. The molecule has 2 nitrogen and oxygen atoms in total. The summed E-state index contributed by atoms with van der Waals surface area (Å²) in [6.07, 6.45) is 1.40. The molecule has 0 aromatic heterocycles. The maximum absolute atomic E-state index is 9.37. The van der Waals surface area contributed by atoms with Gasteiger partial charge in [-0.3, -0.25) is 4.79 Å². The van der Waals surface area contributed by atoms with Crippen LogP contribution >= 0.6 is 0 Å². The van der Waals surface area contributed by atoms with E-state index < -0.39 is 5.97 Å². The molecular formula is C13H19NaO2. The average Bonchev–Trinajstić information content (AvgIpc) is 2.19. The van der Waals surface area contributed by atoms with Gasteiger partial charge in [-0.25, -0.2) is 0 Å². The van der Waals surface area contributed by atoms with Gasteiger partial charge in [-0.15, -0.1) is 0 Å². The minimum atomic E-state index is -0.745. The van der Waals surface area contributed by atoms with Gasteiger partial charge < -0.3 is 5.11 Å². The van der Waals surface area contributed by atoms with Gasteiger partial charge in [0.25, 0.3) is 0 Å². The molecule has 0 saturated carbocycles. The zero-order chi connectivity index (χ0) is 11.7. The third kappa shape index (κ3) is 11.8. The Kier molecular flexibility index (Phi) is 12.6. The second-order valence-electron chi connectivity index (χ2n) is 3.75. The third-order valence-corrected chi connectivity index (χ3v) is 1.73. The smallest absolute Gasteiger partial charge is 0.481 e. The van der Waals surface area contributed by atoms with Gasteiger partial charge in [0.1, 0.15) is 0 Å². The summed E-state index contributed by atoms with van der Waals surface area (Å²) in [7, 11) is 0. The van der Waals surface area contributed by atoms with Crippen molar-refractivity contribution in [3.8, 4) is 0 Å². The minimum Gasteiger partial charge on any atom is -0.481 e. The van der Waals surface area contributed by atoms with Crippen molar-refractivity contribution in [2.24, 2.45) is 5.92 Å². The number of hydrogen-bond acceptors (Lipinski definition) is 1. The van der Waals surface area contributed by atoms with Gasteiger partial charge in [-0.05, 0) is 12.3 Å². The predicted octanol–water partition coefficient (Wildman–Crippen LogP) is 0.170. The summed E-state index contributed by atoms with van der Waals surface area (Å²) < 4.78 is 0. The molecule has 1 aromatic carbocycles. The van der Waals surface area contributed by atoms with Gasteiger partial charge in [-0.2, -0.15) is 35.9 Å². The SMILES string of the molecule is CC(C)Cc1cc[c-]cc1.CCC(=O)O.[Na+]. The van der Waals surface area contributed by atoms with Crippen LogP contribution in [0, 0.1) is 12.0 Å². The Hall–Kier alpha value is -0.310. The Morgan fingerprint density at radius 3 is 2.12 bits per heavy atom. The summed E-state index contributed by atoms with van der Waals surface area (Å²) in [5, 5.41) is 7.72. The maximum atomic E-state index is 9.37. The molecule has 0 spiro atoms. The van der Waals surface area contributed by atoms with Gasteiger partial charge in [0.05, 0.1) is 0 Å². The van der Waals surface area contributed by atoms with E-state index in [0.717, 1.165) is 5.92 Å². The number of rotatable bonds is 3. The molecule has 1 rings (SSSR count). The number of hydrogen-bond donors (Lipinski definition) is 1. The van der Waals surface area contributed by atoms with Crippen LogP contribution in [0.25, 0.3) is 0 Å². The second-order valence-corrected chi connectivity index (χ2v) is 3.75. The van der Waals surface area contributed by atoms with E-state index >= 15 is 0 Å². The van der Waals surface area contributed by atoms with Gasteiger partial charge in [0.15, 0.2) is 0 Å². The fraction of sp³-hybridized carbons (Fsp3) is 0.462. The molecule has 1 N–H and O–H groups in total. The van der Waals surface area contributed by atoms with Crippen molar-refractivity contribution < 1.29 is 39.5 Å². The molecule has 0 aliphatic carbocycles. The fourth-order valence-electron chi connectivity index (χ4n) is 1.03. The number of benzene rings is 1. The number of carboxylic acid groups (broad SMARTS) is 1. The first-order chi connectivity index (χ1) is 7.06. The van der Waals surface area contributed by atoms with Crippen molar-refractivity contribution in [2.75, 3.05) is 0 Å². The molecule has 84 valence electrons. The van der Waals surface area contributed by atoms with Crippen molar-refractivity contribution in [2.45, 2.75) is 33.6 Å². The Morgan fingerprint density at radius 2 is 1.81 bits per heavy atom. The molecule has 0 aliphatic heterocycles. The van der Waals surface area contributed by atoms with Gasteiger partial charge in [-0.1, -0.05) is 20.8 Å². The number of aliphatic carboxylic acids is 1. The molecule has 0 aliphatic rings. The molecule has 16 heavy (non-hydrogen) atoms. The molecule has 0 bridgehead atoms. The minimum absolute atomic E-state index is 0. The monoisotopic (exact) mass is 230 g/mol. The van der Waals surface area contributed by atoms with Crippen molar-refractivity contribution in [1.82, 2.24) is 0 Å². The summed E-state index contributed by atoms with van der Waals surface area (Å²) in [5.41, 5.74) is 1.41. The Labute approximate surface area is 120 Å². The van der Waals surface area contributed by atoms with E-state index in [2.05, 4.69) is 32.0 Å². The number of carbonyl (C=O) groups is 1. The number of carboxylic acids is 1. The van der Waals surface area contributed by atoms with E-state index in [-0.39, 0.29) is 36.0 Å². The van der Waals surface area contributed by atoms with Crippen LogP contribution in [0.3, 0.4) is 0 Å². The molecule has 1 aromatic rings. The molecule has 0 unspecified atom stereocenters. The van der Waals surface area contributed by atoms with Crippen LogP contribution in [0.5, 0.6) is 0 Å². The van der Waals surface area contributed by atoms with Crippen LogP contribution in [-0.2, 0) is 11.2 Å². The van der Waals surface area contributed by atoms with Gasteiger partial charge in [0, 0.05) is 6.42 Å². The second kappa shape index (κ2) is 11.2. The molecule has 0 amide bonds. The molecule has 3 heteroatoms. The standard InChI is InChI=1S/C10H13.C3H6O2.Na/c1-9(2)8-10-6-4-3-5-7-10;1-2-3(4)5;/h4-7,9H,8H2,1-2H3;2H2,1H3,(H,4,5);/q-1;;+1. The van der Waals surface area contributed by atoms with Crippen LogP contribution in [0.15, 0.2) is 24.3 Å². The molecular weight excluding hydrogens is 211 g/mol. The first-order valence-electron chi connectivity index (χ1n) is 5.23. The van der Waals surface area contributed by atoms with Crippen molar-refractivity contribution >= 4 is 5.97 Å². The predicted molar refractivity (Wildman–Crippen MR) is 61.7 cm³/mol. The molecule has 0 saturated heterocycles. The normalized spacial score (nSPS) is 8.75. The van der Waals surface area contributed by atoms with Crippen LogP contribution in [-0.4, -0.2) is 11.1 Å². The largest absolute Gasteiger partial charge is 1.00 e. The van der Waals surface area contributed by atoms with Crippen molar-refractivity contribution in [3.05, 3.63) is 35.9 Å². The van der Waals surface area contributed by atoms with Crippen molar-refractivity contribution in [3.63, 3.8) is 0 Å². The van der Waals surface area contributed by atoms with Crippen LogP contribution in [0.2, 0.25) is 0 Å². The zero-order valence-corrected chi connectivity index (χ0v) is 12.7. The average molecular weight is 230 g/mol. The third-order valence-electron chi connectivity index (χ3n) is 1.73. The van der Waals surface area contributed by atoms with Crippen LogP contribution in [0.1, 0.15) is 32.8 Å². The summed E-state index contributed by atoms with van der Waals surface area (Å²) >= 11 is 0. The molecule has 0 radical (unpaired) electrons. The van der Waals surface area contributed by atoms with E-state index in [1.165, 1.54) is 12.0 Å². The molecule has 0 fully saturated rings. The quantitative estimate of drug-likeness (QED) is 0.594. The van der Waals surface area contributed by atoms with Gasteiger partial charge >= 0.3 is 35.5 Å². The summed E-state index contributed by atoms with van der Waals surface area (Å²) in [6.45, 7) is 6.07. The maximum Gasteiger partial charge on any atom is 1.00 e.